The molecular weight excluding hydrogens is 474 g/mol. The summed E-state index contributed by atoms with van der Waals surface area (Å²) >= 11 is 0. The molecule has 0 saturated carbocycles. The summed E-state index contributed by atoms with van der Waals surface area (Å²) in [6.45, 7) is 6.84. The quantitative estimate of drug-likeness (QED) is 0.250. The summed E-state index contributed by atoms with van der Waals surface area (Å²) < 4.78 is 22.9. The van der Waals surface area contributed by atoms with Gasteiger partial charge in [-0.25, -0.2) is 4.79 Å². The molecule has 37 heavy (non-hydrogen) atoms. The Kier molecular flexibility index (Phi) is 8.42. The molecule has 198 valence electrons. The molecule has 0 bridgehead atoms. The Hall–Kier alpha value is -3.07. The van der Waals surface area contributed by atoms with Gasteiger partial charge in [0.15, 0.2) is 11.8 Å². The molecule has 1 unspecified atom stereocenters. The zero-order valence-electron chi connectivity index (χ0n) is 21.7. The Bertz CT molecular complexity index is 1070. The molecule has 2 aliphatic heterocycles. The summed E-state index contributed by atoms with van der Waals surface area (Å²) in [6.07, 6.45) is 0.944. The monoisotopic (exact) mass is 509 g/mol. The van der Waals surface area contributed by atoms with Crippen LogP contribution in [0.15, 0.2) is 54.6 Å². The first-order valence-corrected chi connectivity index (χ1v) is 12.8. The van der Waals surface area contributed by atoms with Crippen molar-refractivity contribution in [2.45, 2.75) is 70.5 Å². The first-order valence-electron chi connectivity index (χ1n) is 12.8. The average molecular weight is 510 g/mol. The van der Waals surface area contributed by atoms with E-state index in [0.29, 0.717) is 32.7 Å². The van der Waals surface area contributed by atoms with Crippen molar-refractivity contribution in [3.63, 3.8) is 0 Å². The van der Waals surface area contributed by atoms with Gasteiger partial charge in [0.05, 0.1) is 30.9 Å². The Morgan fingerprint density at radius 1 is 0.919 bits per heavy atom. The molecule has 8 heteroatoms. The minimum Gasteiger partial charge on any atom is -0.458 e. The second-order valence-corrected chi connectivity index (χ2v) is 10.4. The number of amides is 2. The van der Waals surface area contributed by atoms with Crippen LogP contribution in [-0.4, -0.2) is 59.9 Å². The number of carbonyl (C=O) groups is 3. The number of ether oxygens (including phenoxy) is 4. The summed E-state index contributed by atoms with van der Waals surface area (Å²) in [5, 5.41) is 0. The number of carbonyl (C=O) groups excluding carboxylic acids is 3. The van der Waals surface area contributed by atoms with Crippen LogP contribution in [0.2, 0.25) is 0 Å². The van der Waals surface area contributed by atoms with Crippen LogP contribution in [0.5, 0.6) is 0 Å². The van der Waals surface area contributed by atoms with E-state index in [1.165, 1.54) is 0 Å². The smallest absolute Gasteiger partial charge is 0.333 e. The van der Waals surface area contributed by atoms with E-state index in [4.69, 9.17) is 18.9 Å². The van der Waals surface area contributed by atoms with E-state index in [1.807, 2.05) is 30.3 Å². The molecule has 2 aromatic carbocycles. The maximum Gasteiger partial charge on any atom is 0.333 e. The lowest BCUT2D eigenvalue weighted by atomic mass is 9.86. The summed E-state index contributed by atoms with van der Waals surface area (Å²) in [4.78, 5) is 42.2. The first-order chi connectivity index (χ1) is 17.7. The summed E-state index contributed by atoms with van der Waals surface area (Å²) in [6, 6.07) is 16.3. The molecule has 1 saturated heterocycles. The molecule has 1 fully saturated rings. The molecule has 2 aliphatic rings. The average Bonchev–Trinajstić information content (AvgIpc) is 3.47. The maximum absolute atomic E-state index is 13.9. The standard InChI is InChI=1S/C29H35NO7/c1-28(2,3)37-27(33)29(15-9-14-24-35-18-19-36-24,16-17-34-20-21-10-5-4-6-11-21)30-25(31)22-12-7-8-13-23(22)26(30)32/h4-8,10-13,24H,9,14-20H2,1-3H3. The van der Waals surface area contributed by atoms with Crippen molar-refractivity contribution < 1.29 is 33.3 Å². The second-order valence-electron chi connectivity index (χ2n) is 10.4. The van der Waals surface area contributed by atoms with Crippen LogP contribution in [-0.2, 0) is 30.3 Å². The molecule has 2 aromatic rings. The Balaban J connectivity index is 1.63. The second kappa shape index (κ2) is 11.5. The van der Waals surface area contributed by atoms with Crippen LogP contribution >= 0.6 is 0 Å². The molecule has 4 rings (SSSR count). The minimum absolute atomic E-state index is 0.104. The van der Waals surface area contributed by atoms with E-state index in [0.717, 1.165) is 10.5 Å². The van der Waals surface area contributed by atoms with Crippen molar-refractivity contribution in [2.75, 3.05) is 19.8 Å². The molecule has 0 radical (unpaired) electrons. The topological polar surface area (TPSA) is 91.4 Å². The third-order valence-corrected chi connectivity index (χ3v) is 6.49. The largest absolute Gasteiger partial charge is 0.458 e. The van der Waals surface area contributed by atoms with E-state index in [1.54, 1.807) is 45.0 Å². The van der Waals surface area contributed by atoms with E-state index < -0.39 is 28.9 Å². The number of nitrogens with zero attached hydrogens (tertiary/aromatic N) is 1. The van der Waals surface area contributed by atoms with Crippen molar-refractivity contribution in [2.24, 2.45) is 0 Å². The van der Waals surface area contributed by atoms with Crippen molar-refractivity contribution in [1.82, 2.24) is 4.90 Å². The number of fused-ring (bicyclic) bond motifs is 1. The van der Waals surface area contributed by atoms with Gasteiger partial charge in [0.2, 0.25) is 0 Å². The van der Waals surface area contributed by atoms with Gasteiger partial charge < -0.3 is 18.9 Å². The highest BCUT2D eigenvalue weighted by molar-refractivity contribution is 6.23. The van der Waals surface area contributed by atoms with Gasteiger partial charge in [0.25, 0.3) is 11.8 Å². The molecule has 1 atom stereocenters. The molecule has 0 N–H and O–H groups in total. The Morgan fingerprint density at radius 2 is 1.51 bits per heavy atom. The fourth-order valence-corrected chi connectivity index (χ4v) is 4.74. The highest BCUT2D eigenvalue weighted by Crippen LogP contribution is 2.37. The zero-order valence-corrected chi connectivity index (χ0v) is 21.7. The predicted octanol–water partition coefficient (Wildman–Crippen LogP) is 4.51. The normalized spacial score (nSPS) is 17.6. The van der Waals surface area contributed by atoms with Gasteiger partial charge in [0.1, 0.15) is 5.60 Å². The third kappa shape index (κ3) is 6.26. The zero-order chi connectivity index (χ0) is 26.5. The van der Waals surface area contributed by atoms with Gasteiger partial charge >= 0.3 is 5.97 Å². The molecule has 2 heterocycles. The van der Waals surface area contributed by atoms with Gasteiger partial charge in [-0.2, -0.15) is 0 Å². The highest BCUT2D eigenvalue weighted by atomic mass is 16.7. The molecule has 0 spiro atoms. The lowest BCUT2D eigenvalue weighted by molar-refractivity contribution is -0.169. The fourth-order valence-electron chi connectivity index (χ4n) is 4.74. The fraction of sp³-hybridized carbons (Fsp3) is 0.483. The van der Waals surface area contributed by atoms with Gasteiger partial charge in [-0.15, -0.1) is 0 Å². The molecule has 0 aromatic heterocycles. The number of hydrogen-bond donors (Lipinski definition) is 0. The van der Waals surface area contributed by atoms with Gasteiger partial charge in [-0.1, -0.05) is 42.5 Å². The number of hydrogen-bond acceptors (Lipinski definition) is 7. The first kappa shape index (κ1) is 27.0. The van der Waals surface area contributed by atoms with E-state index in [2.05, 4.69) is 0 Å². The van der Waals surface area contributed by atoms with Gasteiger partial charge in [0, 0.05) is 13.0 Å². The minimum atomic E-state index is -1.55. The number of esters is 1. The van der Waals surface area contributed by atoms with Crippen molar-refractivity contribution in [3.8, 4) is 0 Å². The lowest BCUT2D eigenvalue weighted by Gasteiger charge is -2.40. The van der Waals surface area contributed by atoms with Crippen LogP contribution in [0.1, 0.15) is 72.7 Å². The Morgan fingerprint density at radius 3 is 2.11 bits per heavy atom. The summed E-state index contributed by atoms with van der Waals surface area (Å²) in [5.41, 5.74) is -0.804. The summed E-state index contributed by atoms with van der Waals surface area (Å²) in [7, 11) is 0. The lowest BCUT2D eigenvalue weighted by Crippen LogP contribution is -2.59. The van der Waals surface area contributed by atoms with Gasteiger partial charge in [-0.3, -0.25) is 14.5 Å². The van der Waals surface area contributed by atoms with Gasteiger partial charge in [-0.05, 0) is 57.7 Å². The van der Waals surface area contributed by atoms with Crippen LogP contribution in [0, 0.1) is 0 Å². The van der Waals surface area contributed by atoms with Crippen LogP contribution in [0.25, 0.3) is 0 Å². The van der Waals surface area contributed by atoms with E-state index in [9.17, 15) is 14.4 Å². The molecular formula is C29H35NO7. The summed E-state index contributed by atoms with van der Waals surface area (Å²) in [5.74, 6) is -1.61. The van der Waals surface area contributed by atoms with E-state index >= 15 is 0 Å². The highest BCUT2D eigenvalue weighted by Gasteiger charge is 2.54. The predicted molar refractivity (Wildman–Crippen MR) is 136 cm³/mol. The van der Waals surface area contributed by atoms with Crippen LogP contribution in [0.4, 0.5) is 0 Å². The van der Waals surface area contributed by atoms with Crippen molar-refractivity contribution in [3.05, 3.63) is 71.3 Å². The molecule has 8 nitrogen and oxygen atoms in total. The molecule has 2 amide bonds. The van der Waals surface area contributed by atoms with Crippen LogP contribution in [0.3, 0.4) is 0 Å². The SMILES string of the molecule is CC(C)(C)OC(=O)C(CCCC1OCCO1)(CCOCc1ccccc1)N1C(=O)c2ccccc2C1=O. The molecule has 0 aliphatic carbocycles. The van der Waals surface area contributed by atoms with E-state index in [-0.39, 0.29) is 36.9 Å². The number of rotatable bonds is 11. The van der Waals surface area contributed by atoms with Crippen molar-refractivity contribution >= 4 is 17.8 Å². The number of imide groups is 1. The maximum atomic E-state index is 13.9. The third-order valence-electron chi connectivity index (χ3n) is 6.49. The Labute approximate surface area is 217 Å². The number of benzene rings is 2. The van der Waals surface area contributed by atoms with Crippen molar-refractivity contribution in [1.29, 1.82) is 0 Å². The van der Waals surface area contributed by atoms with Crippen LogP contribution < -0.4 is 0 Å².